The highest BCUT2D eigenvalue weighted by molar-refractivity contribution is 9.10. The van der Waals surface area contributed by atoms with Crippen LogP contribution in [0.4, 0.5) is 0 Å². The lowest BCUT2D eigenvalue weighted by molar-refractivity contribution is -0.142. The number of amides is 2. The normalized spacial score (nSPS) is 11.6. The van der Waals surface area contributed by atoms with Crippen LogP contribution in [0.25, 0.3) is 0 Å². The molecule has 2 rings (SSSR count). The van der Waals surface area contributed by atoms with Crippen molar-refractivity contribution in [2.45, 2.75) is 39.8 Å². The maximum atomic E-state index is 12.9. The molecular weight excluding hydrogens is 420 g/mol. The number of carbonyl (C=O) groups excluding carboxylic acids is 2. The van der Waals surface area contributed by atoms with Gasteiger partial charge in [-0.3, -0.25) is 9.59 Å². The van der Waals surface area contributed by atoms with Gasteiger partial charge in [-0.15, -0.1) is 0 Å². The van der Waals surface area contributed by atoms with Crippen molar-refractivity contribution in [1.82, 2.24) is 10.2 Å². The first kappa shape index (κ1) is 22.0. The number of aryl methyl sites for hydroxylation is 2. The molecule has 150 valence electrons. The zero-order chi connectivity index (χ0) is 20.7. The number of likely N-dealkylation sites (N-methyl/N-ethyl adjacent to an activating group) is 1. The summed E-state index contributed by atoms with van der Waals surface area (Å²) in [6.07, 6.45) is 0.922. The first-order chi connectivity index (χ1) is 13.3. The third-order valence-corrected chi connectivity index (χ3v) is 5.22. The maximum absolute atomic E-state index is 12.9. The van der Waals surface area contributed by atoms with Crippen LogP contribution in [0.2, 0.25) is 0 Å². The van der Waals surface area contributed by atoms with E-state index in [2.05, 4.69) is 28.2 Å². The highest BCUT2D eigenvalue weighted by atomic mass is 79.9. The Morgan fingerprint density at radius 2 is 1.93 bits per heavy atom. The second kappa shape index (κ2) is 10.3. The minimum Gasteiger partial charge on any atom is -0.483 e. The molecule has 0 aliphatic heterocycles. The van der Waals surface area contributed by atoms with Gasteiger partial charge in [0.1, 0.15) is 11.8 Å². The Morgan fingerprint density at radius 3 is 2.54 bits per heavy atom. The SMILES string of the molecule is CCc1ccc(OCC(=O)N(Cc2cccc(C)c2)[C@@H](C)C(=O)NC)c(Br)c1. The average Bonchev–Trinajstić information content (AvgIpc) is 2.69. The first-order valence-corrected chi connectivity index (χ1v) is 10.1. The lowest BCUT2D eigenvalue weighted by Crippen LogP contribution is -2.48. The smallest absolute Gasteiger partial charge is 0.261 e. The molecule has 6 heteroatoms. The Balaban J connectivity index is 2.15. The summed E-state index contributed by atoms with van der Waals surface area (Å²) in [5.41, 5.74) is 3.26. The molecule has 2 aromatic carbocycles. The van der Waals surface area contributed by atoms with E-state index in [9.17, 15) is 9.59 Å². The number of carbonyl (C=O) groups is 2. The van der Waals surface area contributed by atoms with Gasteiger partial charge in [0.25, 0.3) is 5.91 Å². The van der Waals surface area contributed by atoms with Gasteiger partial charge < -0.3 is 15.0 Å². The summed E-state index contributed by atoms with van der Waals surface area (Å²) in [5, 5.41) is 2.61. The highest BCUT2D eigenvalue weighted by Crippen LogP contribution is 2.26. The largest absolute Gasteiger partial charge is 0.483 e. The van der Waals surface area contributed by atoms with Crippen LogP contribution in [0.1, 0.15) is 30.5 Å². The molecule has 0 saturated heterocycles. The molecule has 0 heterocycles. The van der Waals surface area contributed by atoms with E-state index in [-0.39, 0.29) is 18.4 Å². The topological polar surface area (TPSA) is 58.6 Å². The van der Waals surface area contributed by atoms with Crippen molar-refractivity contribution in [3.63, 3.8) is 0 Å². The van der Waals surface area contributed by atoms with Crippen molar-refractivity contribution in [1.29, 1.82) is 0 Å². The van der Waals surface area contributed by atoms with Crippen LogP contribution in [0.3, 0.4) is 0 Å². The van der Waals surface area contributed by atoms with Gasteiger partial charge in [0.15, 0.2) is 6.61 Å². The minimum absolute atomic E-state index is 0.142. The molecule has 0 saturated carbocycles. The number of benzene rings is 2. The number of nitrogens with one attached hydrogen (secondary N) is 1. The van der Waals surface area contributed by atoms with Crippen molar-refractivity contribution in [2.75, 3.05) is 13.7 Å². The van der Waals surface area contributed by atoms with Crippen LogP contribution in [0, 0.1) is 6.92 Å². The molecule has 2 aromatic rings. The van der Waals surface area contributed by atoms with E-state index in [0.717, 1.165) is 22.0 Å². The average molecular weight is 447 g/mol. The summed E-state index contributed by atoms with van der Waals surface area (Å²) >= 11 is 3.49. The van der Waals surface area contributed by atoms with Crippen molar-refractivity contribution in [2.24, 2.45) is 0 Å². The van der Waals surface area contributed by atoms with E-state index in [0.29, 0.717) is 12.3 Å². The van der Waals surface area contributed by atoms with E-state index >= 15 is 0 Å². The Labute approximate surface area is 175 Å². The molecule has 0 aromatic heterocycles. The number of nitrogens with zero attached hydrogens (tertiary/aromatic N) is 1. The summed E-state index contributed by atoms with van der Waals surface area (Å²) in [7, 11) is 1.57. The van der Waals surface area contributed by atoms with E-state index < -0.39 is 6.04 Å². The summed E-state index contributed by atoms with van der Waals surface area (Å²) in [4.78, 5) is 26.6. The molecule has 0 spiro atoms. The predicted molar refractivity (Wildman–Crippen MR) is 114 cm³/mol. The van der Waals surface area contributed by atoms with Crippen LogP contribution in [-0.4, -0.2) is 36.4 Å². The fourth-order valence-corrected chi connectivity index (χ4v) is 3.44. The summed E-state index contributed by atoms with van der Waals surface area (Å²) in [5.74, 6) is 0.146. The first-order valence-electron chi connectivity index (χ1n) is 9.33. The number of hydrogen-bond donors (Lipinski definition) is 1. The van der Waals surface area contributed by atoms with Gasteiger partial charge in [0.05, 0.1) is 4.47 Å². The van der Waals surface area contributed by atoms with Crippen LogP contribution in [0.5, 0.6) is 5.75 Å². The molecule has 0 aliphatic rings. The maximum Gasteiger partial charge on any atom is 0.261 e. The molecular formula is C22H27BrN2O3. The van der Waals surface area contributed by atoms with Crippen molar-refractivity contribution < 1.29 is 14.3 Å². The third kappa shape index (κ3) is 5.83. The van der Waals surface area contributed by atoms with E-state index in [1.807, 2.05) is 49.4 Å². The lowest BCUT2D eigenvalue weighted by atomic mass is 10.1. The molecule has 1 atom stereocenters. The quantitative estimate of drug-likeness (QED) is 0.669. The van der Waals surface area contributed by atoms with Gasteiger partial charge in [0, 0.05) is 13.6 Å². The lowest BCUT2D eigenvalue weighted by Gasteiger charge is -2.28. The molecule has 0 fully saturated rings. The third-order valence-electron chi connectivity index (χ3n) is 4.60. The second-order valence-electron chi connectivity index (χ2n) is 6.71. The van der Waals surface area contributed by atoms with Crippen molar-refractivity contribution >= 4 is 27.7 Å². The standard InChI is InChI=1S/C22H27BrN2O3/c1-5-17-9-10-20(19(23)12-17)28-14-21(26)25(16(3)22(27)24-4)13-18-8-6-7-15(2)11-18/h6-12,16H,5,13-14H2,1-4H3,(H,24,27)/t16-/m0/s1. The molecule has 5 nitrogen and oxygen atoms in total. The summed E-state index contributed by atoms with van der Waals surface area (Å²) in [6.45, 7) is 6.00. The van der Waals surface area contributed by atoms with Gasteiger partial charge in [-0.2, -0.15) is 0 Å². The molecule has 0 bridgehead atoms. The number of hydrogen-bond acceptors (Lipinski definition) is 3. The summed E-state index contributed by atoms with van der Waals surface area (Å²) in [6, 6.07) is 13.1. The fraction of sp³-hybridized carbons (Fsp3) is 0.364. The fourth-order valence-electron chi connectivity index (χ4n) is 2.90. The number of ether oxygens (including phenoxy) is 1. The Kier molecular flexibility index (Phi) is 8.05. The zero-order valence-corrected chi connectivity index (χ0v) is 18.4. The van der Waals surface area contributed by atoms with Crippen molar-refractivity contribution in [3.05, 3.63) is 63.6 Å². The summed E-state index contributed by atoms with van der Waals surface area (Å²) < 4.78 is 6.54. The minimum atomic E-state index is -0.604. The second-order valence-corrected chi connectivity index (χ2v) is 7.56. The molecule has 1 N–H and O–H groups in total. The number of rotatable bonds is 8. The molecule has 0 aliphatic carbocycles. The monoisotopic (exact) mass is 446 g/mol. The molecule has 0 radical (unpaired) electrons. The van der Waals surface area contributed by atoms with Gasteiger partial charge in [-0.25, -0.2) is 0 Å². The van der Waals surface area contributed by atoms with Crippen LogP contribution < -0.4 is 10.1 Å². The zero-order valence-electron chi connectivity index (χ0n) is 16.8. The molecule has 2 amide bonds. The van der Waals surface area contributed by atoms with E-state index in [4.69, 9.17) is 4.74 Å². The van der Waals surface area contributed by atoms with E-state index in [1.54, 1.807) is 18.9 Å². The van der Waals surface area contributed by atoms with Gasteiger partial charge >= 0.3 is 0 Å². The molecule has 0 unspecified atom stereocenters. The van der Waals surface area contributed by atoms with Gasteiger partial charge in [-0.05, 0) is 59.5 Å². The highest BCUT2D eigenvalue weighted by Gasteiger charge is 2.26. The van der Waals surface area contributed by atoms with Crippen molar-refractivity contribution in [3.8, 4) is 5.75 Å². The van der Waals surface area contributed by atoms with Gasteiger partial charge in [-0.1, -0.05) is 42.8 Å². The molecule has 28 heavy (non-hydrogen) atoms. The predicted octanol–water partition coefficient (Wildman–Crippen LogP) is 3.86. The Morgan fingerprint density at radius 1 is 1.18 bits per heavy atom. The van der Waals surface area contributed by atoms with E-state index in [1.165, 1.54) is 5.56 Å². The Hall–Kier alpha value is -2.34. The van der Waals surface area contributed by atoms with Crippen LogP contribution >= 0.6 is 15.9 Å². The Bertz CT molecular complexity index is 838. The van der Waals surface area contributed by atoms with Crippen LogP contribution in [-0.2, 0) is 22.6 Å². The van der Waals surface area contributed by atoms with Gasteiger partial charge in [0.2, 0.25) is 5.91 Å². The number of halogens is 1. The van der Waals surface area contributed by atoms with Crippen LogP contribution in [0.15, 0.2) is 46.9 Å².